The van der Waals surface area contributed by atoms with E-state index in [0.717, 1.165) is 19.1 Å². The van der Waals surface area contributed by atoms with E-state index in [1.807, 2.05) is 13.8 Å². The highest BCUT2D eigenvalue weighted by molar-refractivity contribution is 5.25. The molecule has 0 atom stereocenters. The quantitative estimate of drug-likeness (QED) is 0.677. The number of ether oxygens (including phenoxy) is 1. The van der Waals surface area contributed by atoms with Crippen molar-refractivity contribution in [3.8, 4) is 0 Å². The Bertz CT molecular complexity index is 274. The highest BCUT2D eigenvalue weighted by Crippen LogP contribution is 2.26. The summed E-state index contributed by atoms with van der Waals surface area (Å²) >= 11 is 0. The molecule has 0 bridgehead atoms. The lowest BCUT2D eigenvalue weighted by Crippen LogP contribution is -2.13. The van der Waals surface area contributed by atoms with E-state index in [9.17, 15) is 0 Å². The first-order valence-corrected chi connectivity index (χ1v) is 6.00. The Hall–Kier alpha value is -0.820. The van der Waals surface area contributed by atoms with Crippen LogP contribution in [0.2, 0.25) is 0 Å². The highest BCUT2D eigenvalue weighted by atomic mass is 16.5. The van der Waals surface area contributed by atoms with Gasteiger partial charge in [-0.3, -0.25) is 0 Å². The van der Waals surface area contributed by atoms with Crippen LogP contribution in [0.3, 0.4) is 0 Å². The van der Waals surface area contributed by atoms with E-state index in [0.29, 0.717) is 0 Å². The Morgan fingerprint density at radius 2 is 1.80 bits per heavy atom. The third-order valence-electron chi connectivity index (χ3n) is 2.73. The Balaban J connectivity index is 0.000000531. The van der Waals surface area contributed by atoms with Crippen LogP contribution in [0, 0.1) is 6.92 Å². The Morgan fingerprint density at radius 3 is 2.40 bits per heavy atom. The number of hydrogen-bond donors (Lipinski definition) is 0. The first-order chi connectivity index (χ1) is 7.36. The van der Waals surface area contributed by atoms with Gasteiger partial charge in [0, 0.05) is 13.2 Å². The third-order valence-corrected chi connectivity index (χ3v) is 2.73. The molecule has 1 aliphatic heterocycles. The summed E-state index contributed by atoms with van der Waals surface area (Å²) in [5.74, 6) is 0.730. The standard InChI is InChI=1S/C12H16O.C2H6/c1-10-3-2-4-12(9-10)11-5-7-13-8-6-11;1-2/h2-4,9,11H,5-8H2,1H3;1-2H3. The summed E-state index contributed by atoms with van der Waals surface area (Å²) in [6.07, 6.45) is 2.37. The molecule has 1 heterocycles. The Kier molecular flexibility index (Phi) is 5.41. The summed E-state index contributed by atoms with van der Waals surface area (Å²) in [6.45, 7) is 8.01. The molecule has 0 amide bonds. The highest BCUT2D eigenvalue weighted by Gasteiger charge is 2.15. The topological polar surface area (TPSA) is 9.23 Å². The molecule has 0 spiro atoms. The zero-order chi connectivity index (χ0) is 11.1. The fourth-order valence-electron chi connectivity index (χ4n) is 1.95. The van der Waals surface area contributed by atoms with Crippen LogP contribution in [-0.4, -0.2) is 13.2 Å². The monoisotopic (exact) mass is 206 g/mol. The summed E-state index contributed by atoms with van der Waals surface area (Å²) in [7, 11) is 0. The smallest absolute Gasteiger partial charge is 0.0471 e. The summed E-state index contributed by atoms with van der Waals surface area (Å²) in [5.41, 5.74) is 2.85. The Morgan fingerprint density at radius 1 is 1.13 bits per heavy atom. The normalized spacial score (nSPS) is 16.7. The molecule has 2 rings (SSSR count). The van der Waals surface area contributed by atoms with Crippen molar-refractivity contribution in [1.29, 1.82) is 0 Å². The van der Waals surface area contributed by atoms with Gasteiger partial charge in [-0.15, -0.1) is 0 Å². The van der Waals surface area contributed by atoms with Crippen LogP contribution >= 0.6 is 0 Å². The molecule has 15 heavy (non-hydrogen) atoms. The van der Waals surface area contributed by atoms with E-state index in [1.165, 1.54) is 24.0 Å². The van der Waals surface area contributed by atoms with Crippen LogP contribution in [0.15, 0.2) is 24.3 Å². The minimum Gasteiger partial charge on any atom is -0.381 e. The molecule has 1 aromatic carbocycles. The molecule has 0 saturated carbocycles. The molecule has 1 nitrogen and oxygen atoms in total. The van der Waals surface area contributed by atoms with Gasteiger partial charge in [0.05, 0.1) is 0 Å². The van der Waals surface area contributed by atoms with Crippen LogP contribution < -0.4 is 0 Å². The van der Waals surface area contributed by atoms with E-state index >= 15 is 0 Å². The molecule has 1 aromatic rings. The summed E-state index contributed by atoms with van der Waals surface area (Å²) in [6, 6.07) is 8.85. The minimum absolute atomic E-state index is 0.730. The van der Waals surface area contributed by atoms with Gasteiger partial charge in [0.1, 0.15) is 0 Å². The fourth-order valence-corrected chi connectivity index (χ4v) is 1.95. The van der Waals surface area contributed by atoms with Crippen LogP contribution in [0.5, 0.6) is 0 Å². The van der Waals surface area contributed by atoms with Crippen molar-refractivity contribution >= 4 is 0 Å². The Labute approximate surface area is 93.5 Å². The van der Waals surface area contributed by atoms with Crippen molar-refractivity contribution in [2.24, 2.45) is 0 Å². The second kappa shape index (κ2) is 6.62. The summed E-state index contributed by atoms with van der Waals surface area (Å²) in [5, 5.41) is 0. The summed E-state index contributed by atoms with van der Waals surface area (Å²) < 4.78 is 5.35. The molecule has 1 fully saturated rings. The lowest BCUT2D eigenvalue weighted by atomic mass is 9.91. The van der Waals surface area contributed by atoms with Crippen LogP contribution in [0.1, 0.15) is 43.7 Å². The van der Waals surface area contributed by atoms with Gasteiger partial charge in [-0.05, 0) is 31.2 Å². The number of aryl methyl sites for hydroxylation is 1. The van der Waals surface area contributed by atoms with Gasteiger partial charge in [-0.1, -0.05) is 43.7 Å². The number of benzene rings is 1. The maximum absolute atomic E-state index is 5.35. The van der Waals surface area contributed by atoms with Crippen molar-refractivity contribution < 1.29 is 4.74 Å². The van der Waals surface area contributed by atoms with Crippen LogP contribution in [0.25, 0.3) is 0 Å². The van der Waals surface area contributed by atoms with E-state index in [4.69, 9.17) is 4.74 Å². The molecule has 84 valence electrons. The maximum Gasteiger partial charge on any atom is 0.0471 e. The lowest BCUT2D eigenvalue weighted by Gasteiger charge is -2.22. The third kappa shape index (κ3) is 3.67. The lowest BCUT2D eigenvalue weighted by molar-refractivity contribution is 0.0853. The van der Waals surface area contributed by atoms with Gasteiger partial charge in [-0.25, -0.2) is 0 Å². The predicted molar refractivity (Wildman–Crippen MR) is 65.3 cm³/mol. The molecule has 0 aliphatic carbocycles. The largest absolute Gasteiger partial charge is 0.381 e. The maximum atomic E-state index is 5.35. The average Bonchev–Trinajstić information content (AvgIpc) is 2.33. The molecule has 1 saturated heterocycles. The zero-order valence-corrected chi connectivity index (χ0v) is 10.1. The molecule has 1 aliphatic rings. The summed E-state index contributed by atoms with van der Waals surface area (Å²) in [4.78, 5) is 0. The SMILES string of the molecule is CC.Cc1cccc(C2CCOCC2)c1. The number of hydrogen-bond acceptors (Lipinski definition) is 1. The molecular weight excluding hydrogens is 184 g/mol. The van der Waals surface area contributed by atoms with Crippen LogP contribution in [0.4, 0.5) is 0 Å². The van der Waals surface area contributed by atoms with Crippen LogP contribution in [-0.2, 0) is 4.74 Å². The van der Waals surface area contributed by atoms with E-state index in [-0.39, 0.29) is 0 Å². The van der Waals surface area contributed by atoms with Gasteiger partial charge in [-0.2, -0.15) is 0 Å². The van der Waals surface area contributed by atoms with Gasteiger partial charge >= 0.3 is 0 Å². The van der Waals surface area contributed by atoms with Crippen molar-refractivity contribution in [2.75, 3.05) is 13.2 Å². The molecule has 1 heteroatoms. The fraction of sp³-hybridized carbons (Fsp3) is 0.571. The van der Waals surface area contributed by atoms with Crippen molar-refractivity contribution in [2.45, 2.75) is 39.5 Å². The molecular formula is C14H22O. The second-order valence-corrected chi connectivity index (χ2v) is 3.80. The van der Waals surface area contributed by atoms with Gasteiger partial charge in [0.15, 0.2) is 0 Å². The second-order valence-electron chi connectivity index (χ2n) is 3.80. The molecule has 0 N–H and O–H groups in total. The van der Waals surface area contributed by atoms with Crippen molar-refractivity contribution in [1.82, 2.24) is 0 Å². The average molecular weight is 206 g/mol. The van der Waals surface area contributed by atoms with E-state index < -0.39 is 0 Å². The van der Waals surface area contributed by atoms with E-state index in [2.05, 4.69) is 31.2 Å². The predicted octanol–water partition coefficient (Wildman–Crippen LogP) is 3.92. The van der Waals surface area contributed by atoms with Crippen molar-refractivity contribution in [3.05, 3.63) is 35.4 Å². The zero-order valence-electron chi connectivity index (χ0n) is 10.1. The molecule has 0 unspecified atom stereocenters. The van der Waals surface area contributed by atoms with Gasteiger partial charge < -0.3 is 4.74 Å². The first-order valence-electron chi connectivity index (χ1n) is 6.00. The minimum atomic E-state index is 0.730. The van der Waals surface area contributed by atoms with E-state index in [1.54, 1.807) is 0 Å². The first kappa shape index (κ1) is 12.3. The van der Waals surface area contributed by atoms with Crippen molar-refractivity contribution in [3.63, 3.8) is 0 Å². The van der Waals surface area contributed by atoms with Gasteiger partial charge in [0.25, 0.3) is 0 Å². The van der Waals surface area contributed by atoms with Gasteiger partial charge in [0.2, 0.25) is 0 Å². The molecule has 0 radical (unpaired) electrons. The number of rotatable bonds is 1. The molecule has 0 aromatic heterocycles.